The van der Waals surface area contributed by atoms with Gasteiger partial charge in [0, 0.05) is 22.7 Å². The molecule has 1 aliphatic rings. The highest BCUT2D eigenvalue weighted by molar-refractivity contribution is 6.39. The van der Waals surface area contributed by atoms with E-state index in [1.807, 2.05) is 37.3 Å². The Kier molecular flexibility index (Phi) is 3.65. The monoisotopic (exact) mass is 345 g/mol. The van der Waals surface area contributed by atoms with E-state index < -0.39 is 17.8 Å². The van der Waals surface area contributed by atoms with Gasteiger partial charge in [0.25, 0.3) is 11.8 Å². The number of urea groups is 1. The van der Waals surface area contributed by atoms with Crippen molar-refractivity contribution in [1.29, 1.82) is 0 Å². The number of fused-ring (bicyclic) bond motifs is 1. The molecule has 6 nitrogen and oxygen atoms in total. The maximum atomic E-state index is 12.9. The summed E-state index contributed by atoms with van der Waals surface area (Å²) >= 11 is 0. The fourth-order valence-corrected chi connectivity index (χ4v) is 3.03. The van der Waals surface area contributed by atoms with Gasteiger partial charge in [-0.1, -0.05) is 30.3 Å². The number of hydrogen-bond acceptors (Lipinski definition) is 3. The van der Waals surface area contributed by atoms with Gasteiger partial charge in [-0.05, 0) is 36.8 Å². The van der Waals surface area contributed by atoms with Crippen LogP contribution in [0.3, 0.4) is 0 Å². The first kappa shape index (κ1) is 15.8. The number of aryl methyl sites for hydroxylation is 1. The summed E-state index contributed by atoms with van der Waals surface area (Å²) in [6.45, 7) is 1.86. The number of H-pyrrole nitrogens is 1. The lowest BCUT2D eigenvalue weighted by Crippen LogP contribution is -2.54. The molecule has 6 heteroatoms. The minimum Gasteiger partial charge on any atom is -0.361 e. The molecule has 2 aromatic carbocycles. The molecule has 2 heterocycles. The Balaban J connectivity index is 1.79. The molecule has 0 unspecified atom stereocenters. The van der Waals surface area contributed by atoms with Crippen LogP contribution >= 0.6 is 0 Å². The maximum absolute atomic E-state index is 12.9. The van der Waals surface area contributed by atoms with E-state index >= 15 is 0 Å². The zero-order valence-electron chi connectivity index (χ0n) is 13.9. The number of amides is 4. The number of para-hydroxylation sites is 1. The molecule has 1 aromatic heterocycles. The number of benzene rings is 2. The molecule has 0 radical (unpaired) electrons. The Hall–Kier alpha value is -3.67. The van der Waals surface area contributed by atoms with Crippen molar-refractivity contribution >= 4 is 40.5 Å². The first-order valence-electron chi connectivity index (χ1n) is 8.09. The molecule has 1 aliphatic heterocycles. The van der Waals surface area contributed by atoms with E-state index in [9.17, 15) is 14.4 Å². The van der Waals surface area contributed by atoms with Crippen molar-refractivity contribution in [1.82, 2.24) is 10.3 Å². The molecule has 4 rings (SSSR count). The van der Waals surface area contributed by atoms with Crippen molar-refractivity contribution in [2.75, 3.05) is 4.90 Å². The summed E-state index contributed by atoms with van der Waals surface area (Å²) in [6.07, 6.45) is 3.23. The van der Waals surface area contributed by atoms with Crippen LogP contribution in [-0.2, 0) is 9.59 Å². The summed E-state index contributed by atoms with van der Waals surface area (Å²) in [5.41, 5.74) is 2.84. The molecule has 1 saturated heterocycles. The van der Waals surface area contributed by atoms with Crippen LogP contribution in [-0.4, -0.2) is 22.8 Å². The maximum Gasteiger partial charge on any atom is 0.335 e. The molecule has 26 heavy (non-hydrogen) atoms. The Morgan fingerprint density at radius 2 is 1.81 bits per heavy atom. The third-order valence-electron chi connectivity index (χ3n) is 4.28. The molecule has 0 bridgehead atoms. The van der Waals surface area contributed by atoms with E-state index in [4.69, 9.17) is 0 Å². The molecule has 1 fully saturated rings. The van der Waals surface area contributed by atoms with E-state index in [2.05, 4.69) is 10.3 Å². The summed E-state index contributed by atoms with van der Waals surface area (Å²) in [7, 11) is 0. The Morgan fingerprint density at radius 3 is 2.62 bits per heavy atom. The van der Waals surface area contributed by atoms with Gasteiger partial charge in [0.2, 0.25) is 0 Å². The largest absolute Gasteiger partial charge is 0.361 e. The van der Waals surface area contributed by atoms with Gasteiger partial charge in [-0.25, -0.2) is 9.69 Å². The number of hydrogen-bond donors (Lipinski definition) is 2. The number of imide groups is 2. The number of nitrogens with zero attached hydrogens (tertiary/aromatic N) is 1. The van der Waals surface area contributed by atoms with Crippen LogP contribution < -0.4 is 10.2 Å². The fourth-order valence-electron chi connectivity index (χ4n) is 3.03. The predicted octanol–water partition coefficient (Wildman–Crippen LogP) is 3.14. The zero-order chi connectivity index (χ0) is 18.3. The minimum atomic E-state index is -0.748. The Morgan fingerprint density at radius 1 is 1.00 bits per heavy atom. The molecular weight excluding hydrogens is 330 g/mol. The smallest absolute Gasteiger partial charge is 0.335 e. The van der Waals surface area contributed by atoms with E-state index in [0.717, 1.165) is 21.4 Å². The van der Waals surface area contributed by atoms with Crippen LogP contribution in [0, 0.1) is 6.92 Å². The number of nitrogens with one attached hydrogen (secondary N) is 2. The van der Waals surface area contributed by atoms with Crippen molar-refractivity contribution in [2.45, 2.75) is 6.92 Å². The molecule has 0 aliphatic carbocycles. The van der Waals surface area contributed by atoms with Crippen LogP contribution in [0.4, 0.5) is 10.5 Å². The van der Waals surface area contributed by atoms with Gasteiger partial charge in [0.15, 0.2) is 0 Å². The standard InChI is InChI=1S/C20H15N3O3/c1-12-5-4-6-14(9-12)23-19(25)16(18(24)22-20(23)26)10-13-11-21-17-8-3-2-7-15(13)17/h2-11,21H,1H3,(H,22,24,26)/b16-10+. The predicted molar refractivity (Wildman–Crippen MR) is 98.5 cm³/mol. The van der Waals surface area contributed by atoms with Crippen LogP contribution in [0.25, 0.3) is 17.0 Å². The molecule has 0 saturated carbocycles. The molecule has 3 aromatic rings. The SMILES string of the molecule is Cc1cccc(N2C(=O)NC(=O)/C(=C\c3c[nH]c4ccccc34)C2=O)c1. The number of aromatic nitrogens is 1. The van der Waals surface area contributed by atoms with Gasteiger partial charge in [0.1, 0.15) is 5.57 Å². The Labute approximate surface area is 149 Å². The number of aromatic amines is 1. The molecule has 2 N–H and O–H groups in total. The molecule has 0 atom stereocenters. The first-order valence-corrected chi connectivity index (χ1v) is 8.09. The van der Waals surface area contributed by atoms with Crippen molar-refractivity contribution in [2.24, 2.45) is 0 Å². The van der Waals surface area contributed by atoms with Gasteiger partial charge >= 0.3 is 6.03 Å². The topological polar surface area (TPSA) is 82.3 Å². The van der Waals surface area contributed by atoms with Gasteiger partial charge in [0.05, 0.1) is 5.69 Å². The normalized spacial score (nSPS) is 16.4. The second-order valence-electron chi connectivity index (χ2n) is 6.09. The second-order valence-corrected chi connectivity index (χ2v) is 6.09. The number of anilines is 1. The summed E-state index contributed by atoms with van der Waals surface area (Å²) in [5, 5.41) is 3.13. The lowest BCUT2D eigenvalue weighted by molar-refractivity contribution is -0.122. The van der Waals surface area contributed by atoms with Crippen LogP contribution in [0.1, 0.15) is 11.1 Å². The molecule has 0 spiro atoms. The average Bonchev–Trinajstić information content (AvgIpc) is 3.01. The number of carbonyl (C=O) groups excluding carboxylic acids is 3. The minimum absolute atomic E-state index is 0.0872. The highest BCUT2D eigenvalue weighted by atomic mass is 16.2. The third kappa shape index (κ3) is 2.57. The summed E-state index contributed by atoms with van der Waals surface area (Å²) in [4.78, 5) is 41.5. The van der Waals surface area contributed by atoms with Crippen molar-refractivity contribution in [3.05, 3.63) is 71.4 Å². The van der Waals surface area contributed by atoms with Gasteiger partial charge in [-0.2, -0.15) is 0 Å². The number of carbonyl (C=O) groups is 3. The molecule has 4 amide bonds. The van der Waals surface area contributed by atoms with E-state index in [-0.39, 0.29) is 5.57 Å². The quantitative estimate of drug-likeness (QED) is 0.553. The van der Waals surface area contributed by atoms with E-state index in [0.29, 0.717) is 11.3 Å². The highest BCUT2D eigenvalue weighted by Crippen LogP contribution is 2.25. The number of rotatable bonds is 2. The van der Waals surface area contributed by atoms with Gasteiger partial charge in [-0.3, -0.25) is 14.9 Å². The van der Waals surface area contributed by atoms with Gasteiger partial charge in [-0.15, -0.1) is 0 Å². The first-order chi connectivity index (χ1) is 12.5. The van der Waals surface area contributed by atoms with E-state index in [1.165, 1.54) is 6.08 Å². The molecule has 128 valence electrons. The Bertz CT molecular complexity index is 1090. The van der Waals surface area contributed by atoms with Crippen molar-refractivity contribution in [3.8, 4) is 0 Å². The third-order valence-corrected chi connectivity index (χ3v) is 4.28. The zero-order valence-corrected chi connectivity index (χ0v) is 13.9. The van der Waals surface area contributed by atoms with Crippen molar-refractivity contribution < 1.29 is 14.4 Å². The summed E-state index contributed by atoms with van der Waals surface area (Å²) < 4.78 is 0. The average molecular weight is 345 g/mol. The van der Waals surface area contributed by atoms with Gasteiger partial charge < -0.3 is 4.98 Å². The number of barbiturate groups is 1. The second kappa shape index (κ2) is 6.00. The highest BCUT2D eigenvalue weighted by Gasteiger charge is 2.36. The van der Waals surface area contributed by atoms with Crippen LogP contribution in [0.15, 0.2) is 60.3 Å². The van der Waals surface area contributed by atoms with Crippen molar-refractivity contribution in [3.63, 3.8) is 0 Å². The van der Waals surface area contributed by atoms with Crippen LogP contribution in [0.2, 0.25) is 0 Å². The van der Waals surface area contributed by atoms with Crippen LogP contribution in [0.5, 0.6) is 0 Å². The lowest BCUT2D eigenvalue weighted by atomic mass is 10.1. The summed E-state index contributed by atoms with van der Waals surface area (Å²) in [5.74, 6) is -1.34. The fraction of sp³-hybridized carbons (Fsp3) is 0.0500. The molecular formula is C20H15N3O3. The summed E-state index contributed by atoms with van der Waals surface area (Å²) in [6, 6.07) is 13.8. The lowest BCUT2D eigenvalue weighted by Gasteiger charge is -2.26. The van der Waals surface area contributed by atoms with E-state index in [1.54, 1.807) is 24.4 Å².